The van der Waals surface area contributed by atoms with Gasteiger partial charge in [-0.1, -0.05) is 10.3 Å². The number of aromatic nitrogens is 2. The zero-order chi connectivity index (χ0) is 14.0. The zero-order valence-corrected chi connectivity index (χ0v) is 11.5. The molecule has 0 aromatic carbocycles. The minimum absolute atomic E-state index is 0.113. The molecule has 0 atom stereocenters. The number of nitrogens with one attached hydrogen (secondary N) is 1. The molecule has 1 N–H and O–H groups in total. The number of hydrogen-bond donors (Lipinski definition) is 1. The van der Waals surface area contributed by atoms with Gasteiger partial charge in [-0.25, -0.2) is 0 Å². The summed E-state index contributed by atoms with van der Waals surface area (Å²) in [6.45, 7) is 7.63. The highest BCUT2D eigenvalue weighted by Crippen LogP contribution is 2.29. The van der Waals surface area contributed by atoms with Crippen LogP contribution in [-0.2, 0) is 16.8 Å². The fourth-order valence-corrected chi connectivity index (χ4v) is 2.21. The maximum absolute atomic E-state index is 12.3. The van der Waals surface area contributed by atoms with E-state index in [1.165, 1.54) is 0 Å². The Morgan fingerprint density at radius 1 is 1.37 bits per heavy atom. The van der Waals surface area contributed by atoms with E-state index in [1.54, 1.807) is 19.2 Å². The molecule has 2 rings (SSSR count). The molecule has 1 amide bonds. The highest BCUT2D eigenvalue weighted by Gasteiger charge is 2.35. The summed E-state index contributed by atoms with van der Waals surface area (Å²) >= 11 is 0. The Labute approximate surface area is 111 Å². The molecule has 19 heavy (non-hydrogen) atoms. The van der Waals surface area contributed by atoms with Gasteiger partial charge >= 0.3 is 0 Å². The molecule has 0 aliphatic carbocycles. The van der Waals surface area contributed by atoms with Gasteiger partial charge in [-0.05, 0) is 27.7 Å². The summed E-state index contributed by atoms with van der Waals surface area (Å²) in [5.74, 6) is 1.17. The number of nitrogens with zero attached hydrogens (tertiary/aromatic N) is 2. The quantitative estimate of drug-likeness (QED) is 0.910. The van der Waals surface area contributed by atoms with Crippen molar-refractivity contribution in [3.05, 3.63) is 35.0 Å². The van der Waals surface area contributed by atoms with Crippen molar-refractivity contribution in [2.45, 2.75) is 39.7 Å². The Hall–Kier alpha value is -2.11. The smallest absolute Gasteiger partial charge is 0.230 e. The Bertz CT molecular complexity index is 550. The van der Waals surface area contributed by atoms with Gasteiger partial charge in [0.2, 0.25) is 5.91 Å². The average molecular weight is 263 g/mol. The van der Waals surface area contributed by atoms with E-state index >= 15 is 0 Å². The van der Waals surface area contributed by atoms with Crippen LogP contribution in [0.4, 0.5) is 0 Å². The molecule has 0 aliphatic rings. The van der Waals surface area contributed by atoms with E-state index in [9.17, 15) is 4.79 Å². The molecular formula is C13H17N3O3. The Kier molecular flexibility index (Phi) is 3.42. The normalized spacial score (nSPS) is 11.6. The van der Waals surface area contributed by atoms with Gasteiger partial charge in [0, 0.05) is 11.6 Å². The van der Waals surface area contributed by atoms with E-state index in [0.29, 0.717) is 18.1 Å². The SMILES string of the molecule is Cc1noc(C)c1C(C)(C)C(=O)NCc1ccno1. The second-order valence-electron chi connectivity index (χ2n) is 4.99. The predicted molar refractivity (Wildman–Crippen MR) is 67.4 cm³/mol. The molecule has 0 radical (unpaired) electrons. The van der Waals surface area contributed by atoms with Crippen molar-refractivity contribution in [3.63, 3.8) is 0 Å². The first-order valence-corrected chi connectivity index (χ1v) is 6.04. The summed E-state index contributed by atoms with van der Waals surface area (Å²) in [4.78, 5) is 12.3. The van der Waals surface area contributed by atoms with Crippen molar-refractivity contribution >= 4 is 5.91 Å². The van der Waals surface area contributed by atoms with Crippen molar-refractivity contribution in [1.82, 2.24) is 15.6 Å². The first-order chi connectivity index (χ1) is 8.93. The summed E-state index contributed by atoms with van der Waals surface area (Å²) < 4.78 is 10.1. The fourth-order valence-electron chi connectivity index (χ4n) is 2.21. The molecule has 6 heteroatoms. The van der Waals surface area contributed by atoms with Crippen LogP contribution in [0.3, 0.4) is 0 Å². The van der Waals surface area contributed by atoms with Crippen LogP contribution < -0.4 is 5.32 Å². The lowest BCUT2D eigenvalue weighted by Crippen LogP contribution is -2.40. The molecule has 0 aliphatic heterocycles. The van der Waals surface area contributed by atoms with Crippen LogP contribution in [0.2, 0.25) is 0 Å². The van der Waals surface area contributed by atoms with Crippen LogP contribution >= 0.6 is 0 Å². The van der Waals surface area contributed by atoms with Crippen molar-refractivity contribution in [1.29, 1.82) is 0 Å². The molecule has 6 nitrogen and oxygen atoms in total. The molecule has 102 valence electrons. The topological polar surface area (TPSA) is 81.2 Å². The van der Waals surface area contributed by atoms with Gasteiger partial charge in [0.1, 0.15) is 5.76 Å². The van der Waals surface area contributed by atoms with Crippen molar-refractivity contribution in [3.8, 4) is 0 Å². The largest absolute Gasteiger partial charge is 0.361 e. The number of aryl methyl sites for hydroxylation is 2. The van der Waals surface area contributed by atoms with Gasteiger partial charge in [-0.2, -0.15) is 0 Å². The fraction of sp³-hybridized carbons (Fsp3) is 0.462. The second-order valence-corrected chi connectivity index (χ2v) is 4.99. The molecule has 2 aromatic heterocycles. The van der Waals surface area contributed by atoms with Crippen LogP contribution in [0.1, 0.15) is 36.6 Å². The van der Waals surface area contributed by atoms with Crippen LogP contribution in [0, 0.1) is 13.8 Å². The molecule has 0 saturated carbocycles. The standard InChI is InChI=1S/C13H17N3O3/c1-8-11(9(2)18-16-8)13(3,4)12(17)14-7-10-5-6-15-19-10/h5-6H,7H2,1-4H3,(H,14,17). The summed E-state index contributed by atoms with van der Waals surface area (Å²) in [5.41, 5.74) is 0.841. The van der Waals surface area contributed by atoms with Crippen molar-refractivity contribution < 1.29 is 13.8 Å². The number of amides is 1. The van der Waals surface area contributed by atoms with E-state index in [2.05, 4.69) is 15.6 Å². The summed E-state index contributed by atoms with van der Waals surface area (Å²) in [7, 11) is 0. The molecule has 0 fully saturated rings. The van der Waals surface area contributed by atoms with Crippen LogP contribution in [0.5, 0.6) is 0 Å². The lowest BCUT2D eigenvalue weighted by molar-refractivity contribution is -0.126. The zero-order valence-electron chi connectivity index (χ0n) is 11.5. The Morgan fingerprint density at radius 2 is 2.11 bits per heavy atom. The van der Waals surface area contributed by atoms with Crippen LogP contribution in [0.25, 0.3) is 0 Å². The van der Waals surface area contributed by atoms with Crippen LogP contribution in [0.15, 0.2) is 21.3 Å². The summed E-state index contributed by atoms with van der Waals surface area (Å²) in [5, 5.41) is 10.3. The van der Waals surface area contributed by atoms with E-state index in [4.69, 9.17) is 9.05 Å². The van der Waals surface area contributed by atoms with Gasteiger partial charge in [0.15, 0.2) is 5.76 Å². The third-order valence-electron chi connectivity index (χ3n) is 3.14. The van der Waals surface area contributed by atoms with Gasteiger partial charge < -0.3 is 14.4 Å². The number of rotatable bonds is 4. The minimum Gasteiger partial charge on any atom is -0.361 e. The highest BCUT2D eigenvalue weighted by atomic mass is 16.5. The number of carbonyl (C=O) groups excluding carboxylic acids is 1. The maximum Gasteiger partial charge on any atom is 0.230 e. The van der Waals surface area contributed by atoms with E-state index < -0.39 is 5.41 Å². The van der Waals surface area contributed by atoms with E-state index in [0.717, 1.165) is 11.3 Å². The second kappa shape index (κ2) is 4.87. The van der Waals surface area contributed by atoms with Crippen LogP contribution in [-0.4, -0.2) is 16.2 Å². The molecule has 0 bridgehead atoms. The molecule has 0 spiro atoms. The van der Waals surface area contributed by atoms with Gasteiger partial charge in [-0.3, -0.25) is 4.79 Å². The lowest BCUT2D eigenvalue weighted by Gasteiger charge is -2.23. The van der Waals surface area contributed by atoms with Crippen molar-refractivity contribution in [2.75, 3.05) is 0 Å². The first kappa shape index (κ1) is 13.3. The molecule has 2 heterocycles. The lowest BCUT2D eigenvalue weighted by atomic mass is 9.82. The summed E-state index contributed by atoms with van der Waals surface area (Å²) in [6.07, 6.45) is 1.54. The molecule has 2 aromatic rings. The molecule has 0 saturated heterocycles. The van der Waals surface area contributed by atoms with Gasteiger partial charge in [0.05, 0.1) is 23.9 Å². The number of carbonyl (C=O) groups is 1. The monoisotopic (exact) mass is 263 g/mol. The van der Waals surface area contributed by atoms with Gasteiger partial charge in [0.25, 0.3) is 0 Å². The summed E-state index contributed by atoms with van der Waals surface area (Å²) in [6, 6.07) is 1.71. The van der Waals surface area contributed by atoms with E-state index in [-0.39, 0.29) is 5.91 Å². The third-order valence-corrected chi connectivity index (χ3v) is 3.14. The highest BCUT2D eigenvalue weighted by molar-refractivity contribution is 5.87. The third kappa shape index (κ3) is 2.52. The maximum atomic E-state index is 12.3. The molecule has 0 unspecified atom stereocenters. The Balaban J connectivity index is 2.13. The Morgan fingerprint density at radius 3 is 2.63 bits per heavy atom. The minimum atomic E-state index is -0.714. The van der Waals surface area contributed by atoms with Gasteiger partial charge in [-0.15, -0.1) is 0 Å². The first-order valence-electron chi connectivity index (χ1n) is 6.04. The number of hydrogen-bond acceptors (Lipinski definition) is 5. The van der Waals surface area contributed by atoms with Crippen molar-refractivity contribution in [2.24, 2.45) is 0 Å². The predicted octanol–water partition coefficient (Wildman–Crippen LogP) is 1.87. The molecular weight excluding hydrogens is 246 g/mol. The average Bonchev–Trinajstić information content (AvgIpc) is 2.96. The van der Waals surface area contributed by atoms with E-state index in [1.807, 2.05) is 20.8 Å².